The van der Waals surface area contributed by atoms with Crippen molar-refractivity contribution >= 4 is 0 Å². The maximum Gasteiger partial charge on any atom is 0.0638 e. The molecule has 0 atom stereocenters. The Balaban J connectivity index is 1.65. The minimum absolute atomic E-state index is 0.0868. The van der Waals surface area contributed by atoms with E-state index in [0.29, 0.717) is 11.6 Å². The van der Waals surface area contributed by atoms with Crippen LogP contribution in [0.25, 0.3) is 0 Å². The van der Waals surface area contributed by atoms with Crippen LogP contribution in [0.4, 0.5) is 0 Å². The summed E-state index contributed by atoms with van der Waals surface area (Å²) in [5, 5.41) is 0. The zero-order valence-corrected chi connectivity index (χ0v) is 16.4. The highest BCUT2D eigenvalue weighted by Crippen LogP contribution is 2.24. The van der Waals surface area contributed by atoms with Gasteiger partial charge in [-0.3, -0.25) is 9.88 Å². The molecule has 0 amide bonds. The van der Waals surface area contributed by atoms with Gasteiger partial charge in [-0.25, -0.2) is 0 Å². The van der Waals surface area contributed by atoms with Gasteiger partial charge in [0, 0.05) is 49.5 Å². The minimum atomic E-state index is -0.0868. The average molecular weight is 334 g/mol. The molecule has 1 saturated heterocycles. The Morgan fingerprint density at radius 1 is 1.21 bits per heavy atom. The third-order valence-corrected chi connectivity index (χ3v) is 5.08. The van der Waals surface area contributed by atoms with E-state index in [1.807, 2.05) is 18.3 Å². The summed E-state index contributed by atoms with van der Waals surface area (Å²) < 4.78 is 6.11. The molecule has 24 heavy (non-hydrogen) atoms. The summed E-state index contributed by atoms with van der Waals surface area (Å²) in [6, 6.07) is 6.73. The number of likely N-dealkylation sites (N-methyl/N-ethyl adjacent to an activating group) is 1. The number of hydrogen-bond donors (Lipinski definition) is 0. The van der Waals surface area contributed by atoms with Gasteiger partial charge in [0.1, 0.15) is 0 Å². The van der Waals surface area contributed by atoms with Crippen LogP contribution in [0, 0.1) is 0 Å². The molecule has 0 aromatic carbocycles. The second kappa shape index (κ2) is 7.94. The van der Waals surface area contributed by atoms with E-state index in [0.717, 1.165) is 31.7 Å². The lowest BCUT2D eigenvalue weighted by atomic mass is 9.96. The van der Waals surface area contributed by atoms with Crippen LogP contribution in [0.5, 0.6) is 0 Å². The molecule has 4 nitrogen and oxygen atoms in total. The fourth-order valence-corrected chi connectivity index (χ4v) is 2.96. The second-order valence-corrected chi connectivity index (χ2v) is 8.64. The van der Waals surface area contributed by atoms with Gasteiger partial charge in [-0.2, -0.15) is 0 Å². The highest BCUT2D eigenvalue weighted by molar-refractivity contribution is 5.03. The lowest BCUT2D eigenvalue weighted by Gasteiger charge is -2.51. The molecule has 4 heteroatoms. The number of nitrogens with zero attached hydrogens (tertiary/aromatic N) is 3. The van der Waals surface area contributed by atoms with Crippen LogP contribution in [-0.2, 0) is 11.2 Å². The van der Waals surface area contributed by atoms with Gasteiger partial charge in [0.05, 0.1) is 12.2 Å². The third-order valence-electron chi connectivity index (χ3n) is 5.08. The summed E-state index contributed by atoms with van der Waals surface area (Å²) in [7, 11) is 2.24. The molecule has 0 radical (unpaired) electrons. The topological polar surface area (TPSA) is 28.6 Å². The monoisotopic (exact) mass is 333 g/mol. The highest BCUT2D eigenvalue weighted by Gasteiger charge is 2.36. The van der Waals surface area contributed by atoms with Crippen LogP contribution < -0.4 is 0 Å². The maximum atomic E-state index is 6.11. The van der Waals surface area contributed by atoms with Gasteiger partial charge in [0.2, 0.25) is 0 Å². The van der Waals surface area contributed by atoms with E-state index in [1.165, 1.54) is 13.1 Å². The number of aromatic nitrogens is 1. The van der Waals surface area contributed by atoms with Crippen molar-refractivity contribution in [2.45, 2.75) is 64.6 Å². The van der Waals surface area contributed by atoms with E-state index in [1.54, 1.807) is 0 Å². The molecule has 1 aromatic rings. The number of ether oxygens (including phenoxy) is 1. The third kappa shape index (κ3) is 5.83. The van der Waals surface area contributed by atoms with E-state index in [2.05, 4.69) is 62.5 Å². The lowest BCUT2D eigenvalue weighted by molar-refractivity contribution is -0.0450. The number of hydrogen-bond acceptors (Lipinski definition) is 4. The molecule has 1 fully saturated rings. The van der Waals surface area contributed by atoms with Gasteiger partial charge in [0.15, 0.2) is 0 Å². The molecule has 0 aliphatic carbocycles. The standard InChI is InChI=1S/C20H35N3O/c1-19(2,3)23-15-18(16-23)22(6)13-11-20(4,5)24-14-10-17-9-7-8-12-21-17/h7-9,12,18H,10-11,13-16H2,1-6H3. The van der Waals surface area contributed by atoms with E-state index in [-0.39, 0.29) is 5.60 Å². The van der Waals surface area contributed by atoms with Gasteiger partial charge >= 0.3 is 0 Å². The van der Waals surface area contributed by atoms with Gasteiger partial charge in [-0.15, -0.1) is 0 Å². The quantitative estimate of drug-likeness (QED) is 0.730. The van der Waals surface area contributed by atoms with Crippen LogP contribution in [0.1, 0.15) is 46.7 Å². The van der Waals surface area contributed by atoms with Crippen molar-refractivity contribution in [3.8, 4) is 0 Å². The molecule has 0 bridgehead atoms. The Bertz CT molecular complexity index is 489. The highest BCUT2D eigenvalue weighted by atomic mass is 16.5. The van der Waals surface area contributed by atoms with Crippen LogP contribution in [0.15, 0.2) is 24.4 Å². The first-order chi connectivity index (χ1) is 11.2. The van der Waals surface area contributed by atoms with E-state index in [4.69, 9.17) is 4.74 Å². The Labute approximate surface area is 148 Å². The van der Waals surface area contributed by atoms with Crippen molar-refractivity contribution in [2.75, 3.05) is 33.3 Å². The van der Waals surface area contributed by atoms with Gasteiger partial charge in [-0.05, 0) is 60.2 Å². The normalized spacial score (nSPS) is 17.3. The predicted molar refractivity (Wildman–Crippen MR) is 100 cm³/mol. The molecule has 0 N–H and O–H groups in total. The van der Waals surface area contributed by atoms with E-state index < -0.39 is 0 Å². The first-order valence-electron chi connectivity index (χ1n) is 9.16. The molecule has 1 aliphatic rings. The zero-order chi connectivity index (χ0) is 17.8. The van der Waals surface area contributed by atoms with E-state index in [9.17, 15) is 0 Å². The molecular formula is C20H35N3O. The van der Waals surface area contributed by atoms with E-state index >= 15 is 0 Å². The molecule has 2 heterocycles. The Morgan fingerprint density at radius 3 is 2.50 bits per heavy atom. The maximum absolute atomic E-state index is 6.11. The van der Waals surface area contributed by atoms with Gasteiger partial charge in [-0.1, -0.05) is 6.07 Å². The van der Waals surface area contributed by atoms with Crippen molar-refractivity contribution in [3.63, 3.8) is 0 Å². The summed E-state index contributed by atoms with van der Waals surface area (Å²) in [6.45, 7) is 15.4. The minimum Gasteiger partial charge on any atom is -0.375 e. The Hall–Kier alpha value is -0.970. The number of pyridine rings is 1. The van der Waals surface area contributed by atoms with Crippen LogP contribution in [-0.4, -0.2) is 65.3 Å². The van der Waals surface area contributed by atoms with Crippen molar-refractivity contribution in [2.24, 2.45) is 0 Å². The molecule has 136 valence electrons. The van der Waals surface area contributed by atoms with Crippen LogP contribution in [0.3, 0.4) is 0 Å². The summed E-state index contributed by atoms with van der Waals surface area (Å²) in [6.07, 6.45) is 3.77. The van der Waals surface area contributed by atoms with Crippen LogP contribution >= 0.6 is 0 Å². The van der Waals surface area contributed by atoms with Crippen molar-refractivity contribution in [3.05, 3.63) is 30.1 Å². The molecule has 2 rings (SSSR count). The smallest absolute Gasteiger partial charge is 0.0638 e. The summed E-state index contributed by atoms with van der Waals surface area (Å²) in [5.41, 5.74) is 1.31. The first-order valence-corrected chi connectivity index (χ1v) is 9.16. The molecule has 0 spiro atoms. The molecule has 0 saturated carbocycles. The van der Waals surface area contributed by atoms with Crippen molar-refractivity contribution in [1.29, 1.82) is 0 Å². The largest absolute Gasteiger partial charge is 0.375 e. The fourth-order valence-electron chi connectivity index (χ4n) is 2.96. The SMILES string of the molecule is CN(CCC(C)(C)OCCc1ccccn1)C1CN(C(C)(C)C)C1. The Kier molecular flexibility index (Phi) is 6.40. The van der Waals surface area contributed by atoms with Crippen molar-refractivity contribution < 1.29 is 4.74 Å². The number of likely N-dealkylation sites (tertiary alicyclic amines) is 1. The lowest BCUT2D eigenvalue weighted by Crippen LogP contribution is -2.64. The summed E-state index contributed by atoms with van der Waals surface area (Å²) in [5.74, 6) is 0. The molecular weight excluding hydrogens is 298 g/mol. The molecule has 0 unspecified atom stereocenters. The van der Waals surface area contributed by atoms with Gasteiger partial charge < -0.3 is 9.64 Å². The fraction of sp³-hybridized carbons (Fsp3) is 0.750. The second-order valence-electron chi connectivity index (χ2n) is 8.64. The number of rotatable bonds is 8. The predicted octanol–water partition coefficient (Wildman–Crippen LogP) is 3.22. The molecule has 1 aromatic heterocycles. The molecule has 1 aliphatic heterocycles. The van der Waals surface area contributed by atoms with Crippen LogP contribution in [0.2, 0.25) is 0 Å². The first kappa shape index (κ1) is 19.4. The summed E-state index contributed by atoms with van der Waals surface area (Å²) in [4.78, 5) is 9.38. The summed E-state index contributed by atoms with van der Waals surface area (Å²) >= 11 is 0. The average Bonchev–Trinajstić information content (AvgIpc) is 2.43. The van der Waals surface area contributed by atoms with Crippen molar-refractivity contribution in [1.82, 2.24) is 14.8 Å². The Morgan fingerprint density at radius 2 is 1.92 bits per heavy atom. The zero-order valence-electron chi connectivity index (χ0n) is 16.4. The van der Waals surface area contributed by atoms with Gasteiger partial charge in [0.25, 0.3) is 0 Å².